The van der Waals surface area contributed by atoms with Crippen molar-refractivity contribution >= 4 is 11.0 Å². The number of para-hydroxylation sites is 3. The molecule has 1 heterocycles. The molecular weight excluding hydrogens is 352 g/mol. The maximum Gasteiger partial charge on any atom is 0.166 e. The molecule has 0 bridgehead atoms. The number of aromatic nitrogens is 2. The molecule has 0 radical (unpaired) electrons. The summed E-state index contributed by atoms with van der Waals surface area (Å²) in [7, 11) is 3.15. The van der Waals surface area contributed by atoms with Crippen LogP contribution in [0.1, 0.15) is 23.1 Å². The molecule has 0 aliphatic carbocycles. The van der Waals surface area contributed by atoms with Crippen molar-refractivity contribution in [3.8, 4) is 11.5 Å². The van der Waals surface area contributed by atoms with Crippen LogP contribution in [0.4, 0.5) is 0 Å². The number of hydrogen-bond donors (Lipinski definition) is 1. The van der Waals surface area contributed by atoms with Gasteiger partial charge in [-0.25, -0.2) is 4.98 Å². The van der Waals surface area contributed by atoms with Gasteiger partial charge in [-0.2, -0.15) is 0 Å². The molecule has 3 aromatic carbocycles. The summed E-state index contributed by atoms with van der Waals surface area (Å²) >= 11 is 0. The summed E-state index contributed by atoms with van der Waals surface area (Å²) < 4.78 is 13.0. The van der Waals surface area contributed by atoms with E-state index in [1.165, 1.54) is 0 Å². The van der Waals surface area contributed by atoms with Crippen molar-refractivity contribution in [2.45, 2.75) is 12.6 Å². The fourth-order valence-electron chi connectivity index (χ4n) is 3.50. The van der Waals surface area contributed by atoms with Crippen LogP contribution >= 0.6 is 0 Å². The molecule has 0 amide bonds. The van der Waals surface area contributed by atoms with Crippen molar-refractivity contribution in [2.75, 3.05) is 14.2 Å². The summed E-state index contributed by atoms with van der Waals surface area (Å²) in [5.41, 5.74) is 3.57. The van der Waals surface area contributed by atoms with Crippen molar-refractivity contribution in [3.05, 3.63) is 89.7 Å². The van der Waals surface area contributed by atoms with Gasteiger partial charge < -0.3 is 19.1 Å². The Balaban J connectivity index is 1.86. The number of imidazole rings is 1. The van der Waals surface area contributed by atoms with Crippen LogP contribution in [0.5, 0.6) is 11.5 Å². The van der Waals surface area contributed by atoms with E-state index in [-0.39, 0.29) is 0 Å². The van der Waals surface area contributed by atoms with Gasteiger partial charge in [-0.1, -0.05) is 54.6 Å². The number of methoxy groups -OCH3 is 2. The lowest BCUT2D eigenvalue weighted by Gasteiger charge is -2.18. The number of nitrogens with zero attached hydrogens (tertiary/aromatic N) is 2. The molecule has 0 unspecified atom stereocenters. The van der Waals surface area contributed by atoms with Crippen molar-refractivity contribution < 1.29 is 14.6 Å². The van der Waals surface area contributed by atoms with E-state index >= 15 is 0 Å². The minimum Gasteiger partial charge on any atom is -0.493 e. The van der Waals surface area contributed by atoms with Gasteiger partial charge in [0.05, 0.1) is 25.3 Å². The van der Waals surface area contributed by atoms with Crippen LogP contribution in [0.3, 0.4) is 0 Å². The molecule has 4 aromatic rings. The molecule has 5 nitrogen and oxygen atoms in total. The Bertz CT molecular complexity index is 1090. The highest BCUT2D eigenvalue weighted by molar-refractivity contribution is 5.76. The fraction of sp³-hybridized carbons (Fsp3) is 0.174. The molecule has 0 spiro atoms. The first kappa shape index (κ1) is 18.1. The molecule has 1 aromatic heterocycles. The summed E-state index contributed by atoms with van der Waals surface area (Å²) in [4.78, 5) is 4.73. The molecular formula is C23H22N2O3. The number of ether oxygens (including phenoxy) is 2. The SMILES string of the molecule is COc1cccc([C@H](O)c2nc3ccccc3n2Cc2ccccc2)c1OC. The Morgan fingerprint density at radius 1 is 0.893 bits per heavy atom. The van der Waals surface area contributed by atoms with E-state index in [1.807, 2.05) is 65.2 Å². The predicted molar refractivity (Wildman–Crippen MR) is 109 cm³/mol. The number of hydrogen-bond acceptors (Lipinski definition) is 4. The molecule has 5 heteroatoms. The fourth-order valence-corrected chi connectivity index (χ4v) is 3.50. The number of aliphatic hydroxyl groups is 1. The van der Waals surface area contributed by atoms with Crippen LogP contribution in [0.25, 0.3) is 11.0 Å². The molecule has 4 rings (SSSR count). The molecule has 0 saturated carbocycles. The molecule has 0 saturated heterocycles. The van der Waals surface area contributed by atoms with Crippen LogP contribution in [0, 0.1) is 0 Å². The van der Waals surface area contributed by atoms with E-state index in [4.69, 9.17) is 14.5 Å². The van der Waals surface area contributed by atoms with Gasteiger partial charge in [0.25, 0.3) is 0 Å². The maximum atomic E-state index is 11.3. The highest BCUT2D eigenvalue weighted by Gasteiger charge is 2.24. The largest absolute Gasteiger partial charge is 0.493 e. The van der Waals surface area contributed by atoms with E-state index in [9.17, 15) is 5.11 Å². The van der Waals surface area contributed by atoms with Gasteiger partial charge >= 0.3 is 0 Å². The first-order valence-electron chi connectivity index (χ1n) is 9.11. The van der Waals surface area contributed by atoms with E-state index in [1.54, 1.807) is 14.2 Å². The Morgan fingerprint density at radius 3 is 2.39 bits per heavy atom. The monoisotopic (exact) mass is 374 g/mol. The number of benzene rings is 3. The van der Waals surface area contributed by atoms with Crippen LogP contribution < -0.4 is 9.47 Å². The van der Waals surface area contributed by atoms with Gasteiger partial charge in [-0.15, -0.1) is 0 Å². The lowest BCUT2D eigenvalue weighted by atomic mass is 10.1. The lowest BCUT2D eigenvalue weighted by Crippen LogP contribution is -2.12. The average molecular weight is 374 g/mol. The van der Waals surface area contributed by atoms with Gasteiger partial charge in [0.2, 0.25) is 0 Å². The second-order valence-electron chi connectivity index (χ2n) is 6.52. The Morgan fingerprint density at radius 2 is 1.64 bits per heavy atom. The smallest absolute Gasteiger partial charge is 0.166 e. The third kappa shape index (κ3) is 3.21. The molecule has 0 aliphatic rings. The van der Waals surface area contributed by atoms with Crippen LogP contribution in [-0.4, -0.2) is 28.9 Å². The number of rotatable bonds is 6. The highest BCUT2D eigenvalue weighted by Crippen LogP contribution is 2.37. The standard InChI is InChI=1S/C23H22N2O3/c1-27-20-14-8-11-17(22(20)28-2)21(26)23-24-18-12-6-7-13-19(18)25(23)15-16-9-4-3-5-10-16/h3-14,21,26H,15H2,1-2H3/t21-/m0/s1. The molecule has 0 fully saturated rings. The lowest BCUT2D eigenvalue weighted by molar-refractivity contribution is 0.199. The molecule has 0 aliphatic heterocycles. The first-order valence-corrected chi connectivity index (χ1v) is 9.11. The summed E-state index contributed by atoms with van der Waals surface area (Å²) in [5.74, 6) is 1.65. The van der Waals surface area contributed by atoms with E-state index in [0.717, 1.165) is 16.6 Å². The zero-order valence-corrected chi connectivity index (χ0v) is 15.9. The normalized spacial score (nSPS) is 12.1. The van der Waals surface area contributed by atoms with Gasteiger partial charge in [0.15, 0.2) is 11.5 Å². The van der Waals surface area contributed by atoms with Crippen LogP contribution in [-0.2, 0) is 6.54 Å². The van der Waals surface area contributed by atoms with Crippen molar-refractivity contribution in [1.29, 1.82) is 0 Å². The quantitative estimate of drug-likeness (QED) is 0.550. The van der Waals surface area contributed by atoms with Gasteiger partial charge in [-0.05, 0) is 23.8 Å². The van der Waals surface area contributed by atoms with E-state index < -0.39 is 6.10 Å². The average Bonchev–Trinajstić information content (AvgIpc) is 3.11. The third-order valence-electron chi connectivity index (χ3n) is 4.84. The Labute approximate surface area is 163 Å². The predicted octanol–water partition coefficient (Wildman–Crippen LogP) is 4.18. The Hall–Kier alpha value is -3.31. The summed E-state index contributed by atoms with van der Waals surface area (Å²) in [6.07, 6.45) is -0.957. The van der Waals surface area contributed by atoms with Crippen LogP contribution in [0.15, 0.2) is 72.8 Å². The molecule has 142 valence electrons. The van der Waals surface area contributed by atoms with Crippen molar-refractivity contribution in [2.24, 2.45) is 0 Å². The minimum atomic E-state index is -0.957. The molecule has 1 N–H and O–H groups in total. The summed E-state index contributed by atoms with van der Waals surface area (Å²) in [5, 5.41) is 11.3. The highest BCUT2D eigenvalue weighted by atomic mass is 16.5. The second-order valence-corrected chi connectivity index (χ2v) is 6.52. The number of fused-ring (bicyclic) bond motifs is 1. The van der Waals surface area contributed by atoms with Gasteiger partial charge in [-0.3, -0.25) is 0 Å². The topological polar surface area (TPSA) is 56.5 Å². The first-order chi connectivity index (χ1) is 13.7. The van der Waals surface area contributed by atoms with Crippen molar-refractivity contribution in [3.63, 3.8) is 0 Å². The molecule has 1 atom stereocenters. The van der Waals surface area contributed by atoms with Crippen LogP contribution in [0.2, 0.25) is 0 Å². The zero-order chi connectivity index (χ0) is 19.5. The van der Waals surface area contributed by atoms with E-state index in [2.05, 4.69) is 12.1 Å². The zero-order valence-electron chi connectivity index (χ0n) is 15.9. The maximum absolute atomic E-state index is 11.3. The number of aliphatic hydroxyl groups excluding tert-OH is 1. The summed E-state index contributed by atoms with van der Waals surface area (Å²) in [6, 6.07) is 23.5. The van der Waals surface area contributed by atoms with Gasteiger partial charge in [0, 0.05) is 12.1 Å². The van der Waals surface area contributed by atoms with E-state index in [0.29, 0.717) is 29.4 Å². The Kier molecular flexibility index (Phi) is 5.00. The van der Waals surface area contributed by atoms with Crippen molar-refractivity contribution in [1.82, 2.24) is 9.55 Å². The minimum absolute atomic E-state index is 0.510. The molecule has 28 heavy (non-hydrogen) atoms. The summed E-state index contributed by atoms with van der Waals surface area (Å²) in [6.45, 7) is 0.611. The third-order valence-corrected chi connectivity index (χ3v) is 4.84. The second kappa shape index (κ2) is 7.74. The van der Waals surface area contributed by atoms with Gasteiger partial charge in [0.1, 0.15) is 11.9 Å².